The first-order valence-electron chi connectivity index (χ1n) is 6.08. The molecular formula is C14H16IN3O. The van der Waals surface area contributed by atoms with Crippen molar-refractivity contribution >= 4 is 28.4 Å². The quantitative estimate of drug-likeness (QED) is 0.839. The van der Waals surface area contributed by atoms with E-state index in [1.165, 1.54) is 0 Å². The van der Waals surface area contributed by atoms with Gasteiger partial charge in [0.15, 0.2) is 5.82 Å². The summed E-state index contributed by atoms with van der Waals surface area (Å²) in [5.74, 6) is 2.41. The second kappa shape index (κ2) is 6.18. The summed E-state index contributed by atoms with van der Waals surface area (Å²) in [4.78, 5) is 9.13. The van der Waals surface area contributed by atoms with Crippen molar-refractivity contribution in [2.45, 2.75) is 13.8 Å². The molecule has 5 heteroatoms. The molecule has 0 fully saturated rings. The van der Waals surface area contributed by atoms with Gasteiger partial charge in [0.1, 0.15) is 11.6 Å². The summed E-state index contributed by atoms with van der Waals surface area (Å²) in [7, 11) is 1.66. The molecule has 0 saturated heterocycles. The molecule has 4 nitrogen and oxygen atoms in total. The number of ether oxygens (including phenoxy) is 1. The van der Waals surface area contributed by atoms with Crippen LogP contribution in [0, 0.1) is 10.5 Å². The molecule has 1 aromatic heterocycles. The van der Waals surface area contributed by atoms with Gasteiger partial charge in [-0.1, -0.05) is 12.1 Å². The first kappa shape index (κ1) is 14.0. The molecule has 2 rings (SSSR count). The number of nitrogens with one attached hydrogen (secondary N) is 1. The molecule has 0 aliphatic heterocycles. The summed E-state index contributed by atoms with van der Waals surface area (Å²) >= 11 is 2.27. The molecule has 1 aromatic carbocycles. The van der Waals surface area contributed by atoms with Gasteiger partial charge in [-0.3, -0.25) is 0 Å². The van der Waals surface area contributed by atoms with Gasteiger partial charge in [0.05, 0.1) is 16.4 Å². The molecule has 0 atom stereocenters. The lowest BCUT2D eigenvalue weighted by Gasteiger charge is -2.10. The van der Waals surface area contributed by atoms with E-state index < -0.39 is 0 Å². The standard InChI is InChI=1S/C14H16IN3O/c1-4-16-14-12(15)9(2)17-13(18-14)10-6-5-7-11(8-10)19-3/h5-8H,4H2,1-3H3,(H,16,17,18). The van der Waals surface area contributed by atoms with Crippen molar-refractivity contribution < 1.29 is 4.74 Å². The van der Waals surface area contributed by atoms with Crippen LogP contribution < -0.4 is 10.1 Å². The molecule has 0 saturated carbocycles. The van der Waals surface area contributed by atoms with E-state index in [0.717, 1.165) is 32.9 Å². The molecule has 0 bridgehead atoms. The molecule has 0 amide bonds. The smallest absolute Gasteiger partial charge is 0.161 e. The SMILES string of the molecule is CCNc1nc(-c2cccc(OC)c2)nc(C)c1I. The van der Waals surface area contributed by atoms with Crippen LogP contribution in [0.15, 0.2) is 24.3 Å². The van der Waals surface area contributed by atoms with Gasteiger partial charge in [-0.15, -0.1) is 0 Å². The van der Waals surface area contributed by atoms with Crippen LogP contribution in [0.4, 0.5) is 5.82 Å². The molecule has 2 aromatic rings. The molecule has 0 spiro atoms. The maximum absolute atomic E-state index is 5.24. The molecule has 0 aliphatic rings. The first-order valence-corrected chi connectivity index (χ1v) is 7.16. The molecule has 1 N–H and O–H groups in total. The van der Waals surface area contributed by atoms with E-state index in [9.17, 15) is 0 Å². The number of methoxy groups -OCH3 is 1. The van der Waals surface area contributed by atoms with E-state index in [4.69, 9.17) is 4.74 Å². The highest BCUT2D eigenvalue weighted by Crippen LogP contribution is 2.25. The highest BCUT2D eigenvalue weighted by Gasteiger charge is 2.10. The topological polar surface area (TPSA) is 47.0 Å². The van der Waals surface area contributed by atoms with Gasteiger partial charge in [0, 0.05) is 12.1 Å². The Morgan fingerprint density at radius 1 is 1.32 bits per heavy atom. The van der Waals surface area contributed by atoms with Gasteiger partial charge in [-0.25, -0.2) is 9.97 Å². The number of benzene rings is 1. The minimum Gasteiger partial charge on any atom is -0.497 e. The molecule has 19 heavy (non-hydrogen) atoms. The average molecular weight is 369 g/mol. The zero-order valence-electron chi connectivity index (χ0n) is 11.2. The number of nitrogens with zero attached hydrogens (tertiary/aromatic N) is 2. The lowest BCUT2D eigenvalue weighted by atomic mass is 10.2. The number of rotatable bonds is 4. The molecule has 100 valence electrons. The predicted octanol–water partition coefficient (Wildman–Crippen LogP) is 3.50. The average Bonchev–Trinajstić information content (AvgIpc) is 2.44. The largest absolute Gasteiger partial charge is 0.497 e. The van der Waals surface area contributed by atoms with Crippen LogP contribution in [0.1, 0.15) is 12.6 Å². The second-order valence-corrected chi connectivity index (χ2v) is 5.14. The van der Waals surface area contributed by atoms with Crippen molar-refractivity contribution in [3.05, 3.63) is 33.5 Å². The van der Waals surface area contributed by atoms with E-state index in [1.807, 2.05) is 31.2 Å². The van der Waals surface area contributed by atoms with Gasteiger partial charge >= 0.3 is 0 Å². The first-order chi connectivity index (χ1) is 9.15. The monoisotopic (exact) mass is 369 g/mol. The predicted molar refractivity (Wildman–Crippen MR) is 85.6 cm³/mol. The van der Waals surface area contributed by atoms with Crippen LogP contribution in [-0.4, -0.2) is 23.6 Å². The van der Waals surface area contributed by atoms with Crippen molar-refractivity contribution in [2.24, 2.45) is 0 Å². The molecular weight excluding hydrogens is 353 g/mol. The Balaban J connectivity index is 2.49. The number of aryl methyl sites for hydroxylation is 1. The summed E-state index contributed by atoms with van der Waals surface area (Å²) in [6, 6.07) is 7.78. The fourth-order valence-corrected chi connectivity index (χ4v) is 2.17. The Hall–Kier alpha value is -1.37. The van der Waals surface area contributed by atoms with Crippen LogP contribution in [-0.2, 0) is 0 Å². The third kappa shape index (κ3) is 3.15. The fourth-order valence-electron chi connectivity index (χ4n) is 1.74. The van der Waals surface area contributed by atoms with Gasteiger partial charge in [-0.2, -0.15) is 0 Å². The third-order valence-electron chi connectivity index (χ3n) is 2.69. The Morgan fingerprint density at radius 3 is 2.79 bits per heavy atom. The molecule has 0 unspecified atom stereocenters. The summed E-state index contributed by atoms with van der Waals surface area (Å²) < 4.78 is 6.30. The lowest BCUT2D eigenvalue weighted by molar-refractivity contribution is 0.415. The molecule has 0 radical (unpaired) electrons. The number of hydrogen-bond acceptors (Lipinski definition) is 4. The van der Waals surface area contributed by atoms with E-state index in [-0.39, 0.29) is 0 Å². The van der Waals surface area contributed by atoms with Crippen molar-refractivity contribution in [3.8, 4) is 17.1 Å². The van der Waals surface area contributed by atoms with Crippen LogP contribution in [0.3, 0.4) is 0 Å². The maximum atomic E-state index is 5.24. The maximum Gasteiger partial charge on any atom is 0.161 e. The number of anilines is 1. The van der Waals surface area contributed by atoms with E-state index in [2.05, 4.69) is 44.8 Å². The second-order valence-electron chi connectivity index (χ2n) is 4.06. The van der Waals surface area contributed by atoms with Gasteiger partial charge in [0.2, 0.25) is 0 Å². The number of hydrogen-bond donors (Lipinski definition) is 1. The minimum absolute atomic E-state index is 0.716. The van der Waals surface area contributed by atoms with Gasteiger partial charge in [0.25, 0.3) is 0 Å². The third-order valence-corrected chi connectivity index (χ3v) is 3.98. The van der Waals surface area contributed by atoms with Crippen molar-refractivity contribution in [1.82, 2.24) is 9.97 Å². The van der Waals surface area contributed by atoms with Crippen LogP contribution in [0.25, 0.3) is 11.4 Å². The fraction of sp³-hybridized carbons (Fsp3) is 0.286. The van der Waals surface area contributed by atoms with Crippen LogP contribution >= 0.6 is 22.6 Å². The van der Waals surface area contributed by atoms with Crippen molar-refractivity contribution in [1.29, 1.82) is 0 Å². The Kier molecular flexibility index (Phi) is 4.57. The van der Waals surface area contributed by atoms with Gasteiger partial charge in [-0.05, 0) is 48.6 Å². The Labute approximate surface area is 126 Å². The summed E-state index contributed by atoms with van der Waals surface area (Å²) in [5.41, 5.74) is 1.93. The Morgan fingerprint density at radius 2 is 2.11 bits per heavy atom. The molecule has 0 aliphatic carbocycles. The summed E-state index contributed by atoms with van der Waals surface area (Å²) in [5, 5.41) is 3.27. The minimum atomic E-state index is 0.716. The highest BCUT2D eigenvalue weighted by molar-refractivity contribution is 14.1. The highest BCUT2D eigenvalue weighted by atomic mass is 127. The normalized spacial score (nSPS) is 10.3. The zero-order chi connectivity index (χ0) is 13.8. The Bertz CT molecular complexity index is 587. The van der Waals surface area contributed by atoms with Crippen molar-refractivity contribution in [2.75, 3.05) is 19.0 Å². The zero-order valence-corrected chi connectivity index (χ0v) is 13.4. The van der Waals surface area contributed by atoms with Crippen molar-refractivity contribution in [3.63, 3.8) is 0 Å². The number of halogens is 1. The van der Waals surface area contributed by atoms with E-state index >= 15 is 0 Å². The molecule has 1 heterocycles. The van der Waals surface area contributed by atoms with E-state index in [1.54, 1.807) is 7.11 Å². The van der Waals surface area contributed by atoms with Crippen LogP contribution in [0.2, 0.25) is 0 Å². The lowest BCUT2D eigenvalue weighted by Crippen LogP contribution is -2.06. The summed E-state index contributed by atoms with van der Waals surface area (Å²) in [6.07, 6.45) is 0. The van der Waals surface area contributed by atoms with Gasteiger partial charge < -0.3 is 10.1 Å². The summed E-state index contributed by atoms with van der Waals surface area (Å²) in [6.45, 7) is 4.89. The van der Waals surface area contributed by atoms with E-state index in [0.29, 0.717) is 5.82 Å². The number of aromatic nitrogens is 2. The van der Waals surface area contributed by atoms with Crippen LogP contribution in [0.5, 0.6) is 5.75 Å².